The van der Waals surface area contributed by atoms with Gasteiger partial charge in [0.1, 0.15) is 5.65 Å². The van der Waals surface area contributed by atoms with Gasteiger partial charge >= 0.3 is 6.03 Å². The zero-order chi connectivity index (χ0) is 18.4. The second kappa shape index (κ2) is 6.30. The minimum absolute atomic E-state index is 0.0216. The number of carbonyl (C=O) groups excluding carboxylic acids is 1. The highest BCUT2D eigenvalue weighted by Crippen LogP contribution is 2.33. The lowest BCUT2D eigenvalue weighted by Gasteiger charge is -2.27. The van der Waals surface area contributed by atoms with Crippen molar-refractivity contribution in [3.63, 3.8) is 0 Å². The van der Waals surface area contributed by atoms with Gasteiger partial charge in [-0.15, -0.1) is 0 Å². The van der Waals surface area contributed by atoms with Crippen LogP contribution in [0.25, 0.3) is 5.65 Å². The molecule has 4 heterocycles. The summed E-state index contributed by atoms with van der Waals surface area (Å²) in [6, 6.07) is 10.9. The first-order valence-electron chi connectivity index (χ1n) is 9.53. The Morgan fingerprint density at radius 1 is 1.26 bits per heavy atom. The molecule has 1 atom stereocenters. The summed E-state index contributed by atoms with van der Waals surface area (Å²) in [5.74, 6) is 0. The van der Waals surface area contributed by atoms with Crippen molar-refractivity contribution in [3.05, 3.63) is 60.0 Å². The van der Waals surface area contributed by atoms with Crippen molar-refractivity contribution in [2.45, 2.75) is 25.8 Å². The van der Waals surface area contributed by atoms with E-state index >= 15 is 0 Å². The van der Waals surface area contributed by atoms with Gasteiger partial charge in [0.05, 0.1) is 11.7 Å². The van der Waals surface area contributed by atoms with E-state index in [4.69, 9.17) is 0 Å². The Morgan fingerprint density at radius 3 is 3.07 bits per heavy atom. The fourth-order valence-electron chi connectivity index (χ4n) is 4.43. The lowest BCUT2D eigenvalue weighted by Crippen LogP contribution is -2.43. The van der Waals surface area contributed by atoms with E-state index < -0.39 is 0 Å². The molecule has 6 heteroatoms. The molecular formula is C21H23N5O. The number of fused-ring (bicyclic) bond motifs is 4. The van der Waals surface area contributed by atoms with Crippen LogP contribution in [-0.4, -0.2) is 46.0 Å². The van der Waals surface area contributed by atoms with Crippen LogP contribution in [0, 0.1) is 6.92 Å². The molecule has 0 aliphatic carbocycles. The fraction of sp³-hybridized carbons (Fsp3) is 0.333. The molecule has 1 aromatic carbocycles. The number of hydrogen-bond donors (Lipinski definition) is 1. The van der Waals surface area contributed by atoms with Gasteiger partial charge in [-0.1, -0.05) is 18.2 Å². The van der Waals surface area contributed by atoms with Crippen LogP contribution < -0.4 is 10.2 Å². The highest BCUT2D eigenvalue weighted by molar-refractivity contribution is 5.89. The van der Waals surface area contributed by atoms with E-state index in [9.17, 15) is 4.79 Å². The summed E-state index contributed by atoms with van der Waals surface area (Å²) >= 11 is 0. The van der Waals surface area contributed by atoms with Crippen LogP contribution in [0.2, 0.25) is 0 Å². The number of anilines is 2. The van der Waals surface area contributed by atoms with Gasteiger partial charge < -0.3 is 19.5 Å². The van der Waals surface area contributed by atoms with E-state index in [0.717, 1.165) is 49.4 Å². The fourth-order valence-corrected chi connectivity index (χ4v) is 4.43. The summed E-state index contributed by atoms with van der Waals surface area (Å²) in [5, 5.41) is 3.08. The van der Waals surface area contributed by atoms with E-state index in [-0.39, 0.29) is 6.03 Å². The van der Waals surface area contributed by atoms with Crippen molar-refractivity contribution in [1.82, 2.24) is 14.3 Å². The quantitative estimate of drug-likeness (QED) is 0.723. The molecule has 2 aliphatic heterocycles. The maximum atomic E-state index is 12.9. The number of amides is 2. The number of nitrogens with one attached hydrogen (secondary N) is 1. The third kappa shape index (κ3) is 2.81. The molecule has 1 fully saturated rings. The van der Waals surface area contributed by atoms with Gasteiger partial charge in [-0.25, -0.2) is 9.78 Å². The Bertz CT molecular complexity index is 1010. The third-order valence-corrected chi connectivity index (χ3v) is 5.67. The maximum absolute atomic E-state index is 12.9. The number of imidazole rings is 1. The van der Waals surface area contributed by atoms with Crippen LogP contribution in [0.15, 0.2) is 48.9 Å². The zero-order valence-corrected chi connectivity index (χ0v) is 15.4. The summed E-state index contributed by atoms with van der Waals surface area (Å²) in [6.45, 7) is 4.56. The summed E-state index contributed by atoms with van der Waals surface area (Å²) in [4.78, 5) is 21.7. The number of aryl methyl sites for hydroxylation is 1. The molecule has 1 unspecified atom stereocenters. The van der Waals surface area contributed by atoms with Gasteiger partial charge in [0.15, 0.2) is 0 Å². The van der Waals surface area contributed by atoms with E-state index in [2.05, 4.69) is 39.5 Å². The largest absolute Gasteiger partial charge is 0.366 e. The molecule has 0 bridgehead atoms. The monoisotopic (exact) mass is 361 g/mol. The average molecular weight is 361 g/mol. The van der Waals surface area contributed by atoms with Crippen molar-refractivity contribution >= 4 is 23.1 Å². The Morgan fingerprint density at radius 2 is 2.15 bits per heavy atom. The van der Waals surface area contributed by atoms with E-state index in [0.29, 0.717) is 6.04 Å². The predicted molar refractivity (Wildman–Crippen MR) is 106 cm³/mol. The van der Waals surface area contributed by atoms with Crippen LogP contribution in [0.4, 0.5) is 16.2 Å². The molecule has 5 rings (SSSR count). The molecule has 0 radical (unpaired) electrons. The number of benzene rings is 1. The number of hydrogen-bond acceptors (Lipinski definition) is 3. The van der Waals surface area contributed by atoms with Crippen molar-refractivity contribution < 1.29 is 4.79 Å². The van der Waals surface area contributed by atoms with Crippen molar-refractivity contribution in [1.29, 1.82) is 0 Å². The number of urea groups is 1. The first-order chi connectivity index (χ1) is 13.2. The Labute approximate surface area is 158 Å². The zero-order valence-electron chi connectivity index (χ0n) is 15.4. The third-order valence-electron chi connectivity index (χ3n) is 5.67. The average Bonchev–Trinajstić information content (AvgIpc) is 3.20. The minimum Gasteiger partial charge on any atom is -0.366 e. The first-order valence-corrected chi connectivity index (χ1v) is 9.53. The summed E-state index contributed by atoms with van der Waals surface area (Å²) in [7, 11) is 0. The summed E-state index contributed by atoms with van der Waals surface area (Å²) in [6.07, 6.45) is 7.59. The molecule has 1 N–H and O–H groups in total. The van der Waals surface area contributed by atoms with E-state index in [1.165, 1.54) is 11.3 Å². The molecule has 2 aromatic heterocycles. The SMILES string of the molecule is Cc1cc(NC(=O)N2CCCN3c4ccccc4CC3C2)cn2ccnc12. The topological polar surface area (TPSA) is 52.9 Å². The summed E-state index contributed by atoms with van der Waals surface area (Å²) < 4.78 is 1.95. The smallest absolute Gasteiger partial charge is 0.321 e. The van der Waals surface area contributed by atoms with Crippen LogP contribution in [0.3, 0.4) is 0 Å². The molecule has 0 saturated carbocycles. The molecule has 138 valence electrons. The Hall–Kier alpha value is -3.02. The second-order valence-corrected chi connectivity index (χ2v) is 7.48. The number of nitrogens with zero attached hydrogens (tertiary/aromatic N) is 4. The van der Waals surface area contributed by atoms with Gasteiger partial charge in [0.2, 0.25) is 0 Å². The highest BCUT2D eigenvalue weighted by Gasteiger charge is 2.33. The first kappa shape index (κ1) is 16.2. The van der Waals surface area contributed by atoms with Gasteiger partial charge in [0, 0.05) is 43.9 Å². The molecule has 27 heavy (non-hydrogen) atoms. The second-order valence-electron chi connectivity index (χ2n) is 7.48. The minimum atomic E-state index is -0.0216. The van der Waals surface area contributed by atoms with Crippen LogP contribution >= 0.6 is 0 Å². The molecule has 6 nitrogen and oxygen atoms in total. The lowest BCUT2D eigenvalue weighted by atomic mass is 10.1. The highest BCUT2D eigenvalue weighted by atomic mass is 16.2. The van der Waals surface area contributed by atoms with Gasteiger partial charge in [-0.3, -0.25) is 0 Å². The number of carbonyl (C=O) groups is 1. The van der Waals surface area contributed by atoms with Crippen molar-refractivity contribution in [2.75, 3.05) is 29.9 Å². The number of rotatable bonds is 1. The standard InChI is InChI=1S/C21H23N5O/c1-15-11-17(13-24-10-7-22-20(15)24)23-21(27)25-8-4-9-26-18(14-25)12-16-5-2-3-6-19(16)26/h2-3,5-7,10-11,13,18H,4,8-9,12,14H2,1H3,(H,23,27). The van der Waals surface area contributed by atoms with E-state index in [1.54, 1.807) is 6.20 Å². The molecule has 2 amide bonds. The Kier molecular flexibility index (Phi) is 3.77. The summed E-state index contributed by atoms with van der Waals surface area (Å²) in [5.41, 5.74) is 5.50. The molecule has 3 aromatic rings. The Balaban J connectivity index is 1.33. The van der Waals surface area contributed by atoms with Crippen molar-refractivity contribution in [2.24, 2.45) is 0 Å². The number of para-hydroxylation sites is 1. The van der Waals surface area contributed by atoms with Gasteiger partial charge in [-0.2, -0.15) is 0 Å². The predicted octanol–water partition coefficient (Wildman–Crippen LogP) is 3.31. The molecule has 1 saturated heterocycles. The lowest BCUT2D eigenvalue weighted by molar-refractivity contribution is 0.211. The normalized spacial score (nSPS) is 18.9. The van der Waals surface area contributed by atoms with Crippen LogP contribution in [0.5, 0.6) is 0 Å². The molecular weight excluding hydrogens is 338 g/mol. The molecule has 0 spiro atoms. The van der Waals surface area contributed by atoms with Crippen LogP contribution in [-0.2, 0) is 6.42 Å². The van der Waals surface area contributed by atoms with Crippen molar-refractivity contribution in [3.8, 4) is 0 Å². The van der Waals surface area contributed by atoms with Gasteiger partial charge in [-0.05, 0) is 43.0 Å². The number of aromatic nitrogens is 2. The molecule has 2 aliphatic rings. The van der Waals surface area contributed by atoms with Gasteiger partial charge in [0.25, 0.3) is 0 Å². The van der Waals surface area contributed by atoms with E-state index in [1.807, 2.05) is 34.7 Å². The van der Waals surface area contributed by atoms with Crippen LogP contribution in [0.1, 0.15) is 17.5 Å². The number of pyridine rings is 1. The maximum Gasteiger partial charge on any atom is 0.321 e.